The molecule has 0 unspecified atom stereocenters. The minimum atomic E-state index is 0.934. The Morgan fingerprint density at radius 1 is 1.50 bits per heavy atom. The summed E-state index contributed by atoms with van der Waals surface area (Å²) >= 11 is 3.52. The van der Waals surface area contributed by atoms with Gasteiger partial charge in [0.25, 0.3) is 0 Å². The van der Waals surface area contributed by atoms with Crippen molar-refractivity contribution < 1.29 is 0 Å². The topological polar surface area (TPSA) is 12.9 Å². The van der Waals surface area contributed by atoms with Gasteiger partial charge in [-0.15, -0.1) is 0 Å². The molecule has 1 aromatic rings. The second-order valence-electron chi connectivity index (χ2n) is 3.47. The van der Waals surface area contributed by atoms with Crippen LogP contribution in [-0.4, -0.2) is 4.98 Å². The molecule has 1 nitrogen and oxygen atoms in total. The van der Waals surface area contributed by atoms with E-state index in [4.69, 9.17) is 0 Å². The van der Waals surface area contributed by atoms with Gasteiger partial charge in [0.2, 0.25) is 0 Å². The van der Waals surface area contributed by atoms with Gasteiger partial charge in [0.15, 0.2) is 0 Å². The third-order valence-electron chi connectivity index (χ3n) is 2.59. The highest BCUT2D eigenvalue weighted by Crippen LogP contribution is 2.31. The second kappa shape index (κ2) is 3.56. The largest absolute Gasteiger partial charge is 0.264 e. The fourth-order valence-electron chi connectivity index (χ4n) is 1.58. The van der Waals surface area contributed by atoms with Crippen molar-refractivity contribution in [3.8, 4) is 0 Å². The molecule has 0 bridgehead atoms. The van der Waals surface area contributed by atoms with Crippen LogP contribution in [0.15, 0.2) is 22.9 Å². The summed E-state index contributed by atoms with van der Waals surface area (Å²) in [5.74, 6) is 0.934. The van der Waals surface area contributed by atoms with Gasteiger partial charge in [-0.3, -0.25) is 4.98 Å². The lowest BCUT2D eigenvalue weighted by Gasteiger charge is -2.25. The first-order chi connectivity index (χ1) is 5.86. The molecule has 2 heteroatoms. The van der Waals surface area contributed by atoms with E-state index in [1.807, 2.05) is 12.4 Å². The molecule has 1 saturated carbocycles. The van der Waals surface area contributed by atoms with Crippen molar-refractivity contribution >= 4 is 15.9 Å². The van der Waals surface area contributed by atoms with E-state index in [1.165, 1.54) is 31.2 Å². The Morgan fingerprint density at radius 3 is 2.92 bits per heavy atom. The average Bonchev–Trinajstić information content (AvgIpc) is 2.00. The van der Waals surface area contributed by atoms with Crippen molar-refractivity contribution in [2.75, 3.05) is 0 Å². The molecular weight excluding hydrogens is 214 g/mol. The summed E-state index contributed by atoms with van der Waals surface area (Å²) in [6.45, 7) is 0. The van der Waals surface area contributed by atoms with Crippen LogP contribution in [0.2, 0.25) is 0 Å². The van der Waals surface area contributed by atoms with Gasteiger partial charge in [-0.1, -0.05) is 19.3 Å². The molecule has 1 fully saturated rings. The molecule has 64 valence electrons. The van der Waals surface area contributed by atoms with E-state index in [-0.39, 0.29) is 0 Å². The minimum Gasteiger partial charge on any atom is -0.264 e. The van der Waals surface area contributed by atoms with Crippen molar-refractivity contribution in [2.45, 2.75) is 25.7 Å². The molecule has 0 radical (unpaired) electrons. The maximum Gasteiger partial charge on any atom is 0.0412 e. The van der Waals surface area contributed by atoms with Gasteiger partial charge in [0.1, 0.15) is 0 Å². The SMILES string of the molecule is Brc1cnccc1CC1CCC1. The van der Waals surface area contributed by atoms with E-state index in [2.05, 4.69) is 27.0 Å². The monoisotopic (exact) mass is 225 g/mol. The molecule has 2 rings (SSSR count). The zero-order valence-electron chi connectivity index (χ0n) is 6.96. The molecule has 1 aliphatic rings. The number of halogens is 1. The number of nitrogens with zero attached hydrogens (tertiary/aromatic N) is 1. The van der Waals surface area contributed by atoms with Gasteiger partial charge in [-0.2, -0.15) is 0 Å². The van der Waals surface area contributed by atoms with E-state index in [0.29, 0.717) is 0 Å². The maximum atomic E-state index is 4.05. The molecule has 1 heterocycles. The van der Waals surface area contributed by atoms with Crippen LogP contribution in [0, 0.1) is 5.92 Å². The first kappa shape index (κ1) is 8.24. The molecule has 1 aromatic heterocycles. The zero-order valence-corrected chi connectivity index (χ0v) is 8.55. The predicted molar refractivity (Wildman–Crippen MR) is 53.0 cm³/mol. The van der Waals surface area contributed by atoms with Gasteiger partial charge in [-0.25, -0.2) is 0 Å². The lowest BCUT2D eigenvalue weighted by Crippen LogP contribution is -2.13. The fourth-order valence-corrected chi connectivity index (χ4v) is 1.99. The van der Waals surface area contributed by atoms with Crippen LogP contribution in [0.1, 0.15) is 24.8 Å². The lowest BCUT2D eigenvalue weighted by molar-refractivity contribution is 0.314. The minimum absolute atomic E-state index is 0.934. The van der Waals surface area contributed by atoms with E-state index < -0.39 is 0 Å². The van der Waals surface area contributed by atoms with Gasteiger partial charge in [0, 0.05) is 16.9 Å². The molecule has 12 heavy (non-hydrogen) atoms. The van der Waals surface area contributed by atoms with Gasteiger partial charge in [0.05, 0.1) is 0 Å². The van der Waals surface area contributed by atoms with E-state index >= 15 is 0 Å². The Hall–Kier alpha value is -0.370. The van der Waals surface area contributed by atoms with Crippen LogP contribution in [-0.2, 0) is 6.42 Å². The number of pyridine rings is 1. The average molecular weight is 226 g/mol. The number of hydrogen-bond acceptors (Lipinski definition) is 1. The molecule has 0 spiro atoms. The van der Waals surface area contributed by atoms with Gasteiger partial charge in [-0.05, 0) is 39.9 Å². The van der Waals surface area contributed by atoms with Crippen LogP contribution in [0.5, 0.6) is 0 Å². The van der Waals surface area contributed by atoms with Crippen LogP contribution < -0.4 is 0 Å². The van der Waals surface area contributed by atoms with Crippen molar-refractivity contribution in [3.63, 3.8) is 0 Å². The molecular formula is C10H12BrN. The first-order valence-electron chi connectivity index (χ1n) is 4.44. The number of hydrogen-bond donors (Lipinski definition) is 0. The van der Waals surface area contributed by atoms with Crippen LogP contribution in [0.25, 0.3) is 0 Å². The third-order valence-corrected chi connectivity index (χ3v) is 3.30. The summed E-state index contributed by atoms with van der Waals surface area (Å²) in [4.78, 5) is 4.05. The Morgan fingerprint density at radius 2 is 2.33 bits per heavy atom. The molecule has 0 aromatic carbocycles. The number of rotatable bonds is 2. The van der Waals surface area contributed by atoms with Crippen molar-refractivity contribution in [1.29, 1.82) is 0 Å². The highest BCUT2D eigenvalue weighted by Gasteiger charge is 2.18. The highest BCUT2D eigenvalue weighted by molar-refractivity contribution is 9.10. The Labute approximate surface area is 81.3 Å². The van der Waals surface area contributed by atoms with Crippen LogP contribution >= 0.6 is 15.9 Å². The summed E-state index contributed by atoms with van der Waals surface area (Å²) in [5.41, 5.74) is 1.41. The second-order valence-corrected chi connectivity index (χ2v) is 4.32. The summed E-state index contributed by atoms with van der Waals surface area (Å²) in [7, 11) is 0. The van der Waals surface area contributed by atoms with Crippen molar-refractivity contribution in [3.05, 3.63) is 28.5 Å². The van der Waals surface area contributed by atoms with Gasteiger partial charge < -0.3 is 0 Å². The predicted octanol–water partition coefficient (Wildman–Crippen LogP) is 3.19. The van der Waals surface area contributed by atoms with Gasteiger partial charge >= 0.3 is 0 Å². The zero-order chi connectivity index (χ0) is 8.39. The van der Waals surface area contributed by atoms with Crippen LogP contribution in [0.4, 0.5) is 0 Å². The molecule has 1 aliphatic carbocycles. The summed E-state index contributed by atoms with van der Waals surface area (Å²) in [6, 6.07) is 2.11. The molecule has 0 atom stereocenters. The Kier molecular flexibility index (Phi) is 2.45. The van der Waals surface area contributed by atoms with Crippen LogP contribution in [0.3, 0.4) is 0 Å². The van der Waals surface area contributed by atoms with E-state index in [1.54, 1.807) is 0 Å². The summed E-state index contributed by atoms with van der Waals surface area (Å²) in [5, 5.41) is 0. The summed E-state index contributed by atoms with van der Waals surface area (Å²) < 4.78 is 1.16. The number of aromatic nitrogens is 1. The summed E-state index contributed by atoms with van der Waals surface area (Å²) in [6.07, 6.45) is 9.23. The lowest BCUT2D eigenvalue weighted by atomic mass is 9.81. The maximum absolute atomic E-state index is 4.05. The molecule has 0 N–H and O–H groups in total. The quantitative estimate of drug-likeness (QED) is 0.754. The van der Waals surface area contributed by atoms with Crippen molar-refractivity contribution in [1.82, 2.24) is 4.98 Å². The smallest absolute Gasteiger partial charge is 0.0412 e. The standard InChI is InChI=1S/C10H12BrN/c11-10-7-12-5-4-9(10)6-8-2-1-3-8/h4-5,7-8H,1-3,6H2. The molecule has 0 saturated heterocycles. The molecule has 0 amide bonds. The van der Waals surface area contributed by atoms with E-state index in [0.717, 1.165) is 10.4 Å². The fraction of sp³-hybridized carbons (Fsp3) is 0.500. The Bertz CT molecular complexity index is 268. The third kappa shape index (κ3) is 1.69. The highest BCUT2D eigenvalue weighted by atomic mass is 79.9. The Balaban J connectivity index is 2.06. The first-order valence-corrected chi connectivity index (χ1v) is 5.24. The van der Waals surface area contributed by atoms with E-state index in [9.17, 15) is 0 Å². The normalized spacial score (nSPS) is 17.4. The molecule has 0 aliphatic heterocycles. The van der Waals surface area contributed by atoms with Crippen molar-refractivity contribution in [2.24, 2.45) is 5.92 Å².